The van der Waals surface area contributed by atoms with Gasteiger partial charge in [-0.3, -0.25) is 4.79 Å². The van der Waals surface area contributed by atoms with Crippen molar-refractivity contribution in [1.82, 2.24) is 0 Å². The van der Waals surface area contributed by atoms with E-state index in [0.717, 1.165) is 12.3 Å². The van der Waals surface area contributed by atoms with Gasteiger partial charge in [-0.05, 0) is 43.6 Å². The van der Waals surface area contributed by atoms with Crippen molar-refractivity contribution in [2.24, 2.45) is 11.8 Å². The Kier molecular flexibility index (Phi) is 3.05. The van der Waals surface area contributed by atoms with Crippen LogP contribution in [0.3, 0.4) is 0 Å². The summed E-state index contributed by atoms with van der Waals surface area (Å²) in [6.45, 7) is 2.23. The van der Waals surface area contributed by atoms with Crippen molar-refractivity contribution in [2.45, 2.75) is 51.9 Å². The number of carbonyl (C=O) groups is 1. The smallest absolute Gasteiger partial charge is 0.155 e. The van der Waals surface area contributed by atoms with E-state index in [1.54, 1.807) is 0 Å². The summed E-state index contributed by atoms with van der Waals surface area (Å²) < 4.78 is 0. The Morgan fingerprint density at radius 2 is 2.36 bits per heavy atom. The number of carbonyl (C=O) groups excluding carboxylic acids is 1. The average Bonchev–Trinajstić information content (AvgIpc) is 2.61. The van der Waals surface area contributed by atoms with Gasteiger partial charge in [0.25, 0.3) is 0 Å². The van der Waals surface area contributed by atoms with E-state index in [0.29, 0.717) is 11.7 Å². The van der Waals surface area contributed by atoms with Gasteiger partial charge in [-0.25, -0.2) is 0 Å². The molecule has 0 aromatic rings. The zero-order valence-corrected chi connectivity index (χ0v) is 9.09. The normalized spacial score (nSPS) is 31.5. The van der Waals surface area contributed by atoms with Crippen molar-refractivity contribution in [3.63, 3.8) is 0 Å². The van der Waals surface area contributed by atoms with Gasteiger partial charge in [0, 0.05) is 6.42 Å². The SMILES string of the molecule is CCCC[C@H]1CC(=O)C=C2CCC[C@@H]21. The third kappa shape index (κ3) is 1.92. The molecule has 78 valence electrons. The van der Waals surface area contributed by atoms with Crippen LogP contribution in [0.4, 0.5) is 0 Å². The first-order chi connectivity index (χ1) is 6.81. The molecule has 14 heavy (non-hydrogen) atoms. The van der Waals surface area contributed by atoms with Crippen LogP contribution in [-0.2, 0) is 4.79 Å². The molecule has 0 N–H and O–H groups in total. The van der Waals surface area contributed by atoms with Crippen molar-refractivity contribution in [3.8, 4) is 0 Å². The molecule has 0 saturated heterocycles. The summed E-state index contributed by atoms with van der Waals surface area (Å²) in [6.07, 6.45) is 10.4. The number of ketones is 1. The minimum atomic E-state index is 0.388. The molecule has 1 heteroatoms. The van der Waals surface area contributed by atoms with Gasteiger partial charge < -0.3 is 0 Å². The highest BCUT2D eigenvalue weighted by Crippen LogP contribution is 2.42. The number of fused-ring (bicyclic) bond motifs is 1. The van der Waals surface area contributed by atoms with E-state index in [1.165, 1.54) is 44.1 Å². The first-order valence-electron chi connectivity index (χ1n) is 6.04. The van der Waals surface area contributed by atoms with Gasteiger partial charge in [0.15, 0.2) is 5.78 Å². The summed E-state index contributed by atoms with van der Waals surface area (Å²) in [4.78, 5) is 11.5. The zero-order chi connectivity index (χ0) is 9.97. The lowest BCUT2D eigenvalue weighted by Crippen LogP contribution is -2.21. The second-order valence-electron chi connectivity index (χ2n) is 4.79. The van der Waals surface area contributed by atoms with Gasteiger partial charge >= 0.3 is 0 Å². The zero-order valence-electron chi connectivity index (χ0n) is 9.09. The lowest BCUT2D eigenvalue weighted by Gasteiger charge is -2.27. The Morgan fingerprint density at radius 1 is 1.50 bits per heavy atom. The highest BCUT2D eigenvalue weighted by molar-refractivity contribution is 5.91. The topological polar surface area (TPSA) is 17.1 Å². The van der Waals surface area contributed by atoms with Gasteiger partial charge in [-0.1, -0.05) is 25.3 Å². The Morgan fingerprint density at radius 3 is 3.14 bits per heavy atom. The summed E-state index contributed by atoms with van der Waals surface area (Å²) in [5, 5.41) is 0. The van der Waals surface area contributed by atoms with E-state index in [-0.39, 0.29) is 0 Å². The number of unbranched alkanes of at least 4 members (excludes halogenated alkanes) is 1. The summed E-state index contributed by atoms with van der Waals surface area (Å²) >= 11 is 0. The van der Waals surface area contributed by atoms with Crippen molar-refractivity contribution in [2.75, 3.05) is 0 Å². The predicted octanol–water partition coefficient (Wildman–Crippen LogP) is 3.49. The fraction of sp³-hybridized carbons (Fsp3) is 0.769. The van der Waals surface area contributed by atoms with E-state index < -0.39 is 0 Å². The van der Waals surface area contributed by atoms with Crippen LogP contribution in [0.25, 0.3) is 0 Å². The molecule has 2 aliphatic carbocycles. The van der Waals surface area contributed by atoms with Gasteiger partial charge in [-0.15, -0.1) is 0 Å². The van der Waals surface area contributed by atoms with Crippen LogP contribution in [0.1, 0.15) is 51.9 Å². The summed E-state index contributed by atoms with van der Waals surface area (Å²) in [5.74, 6) is 1.85. The fourth-order valence-electron chi connectivity index (χ4n) is 3.05. The molecule has 2 rings (SSSR count). The third-order valence-electron chi connectivity index (χ3n) is 3.76. The maximum absolute atomic E-state index is 11.5. The van der Waals surface area contributed by atoms with Crippen molar-refractivity contribution >= 4 is 5.78 Å². The Balaban J connectivity index is 2.04. The molecule has 0 spiro atoms. The molecule has 1 fully saturated rings. The predicted molar refractivity (Wildman–Crippen MR) is 58.1 cm³/mol. The fourth-order valence-corrected chi connectivity index (χ4v) is 3.05. The molecule has 0 bridgehead atoms. The molecule has 0 amide bonds. The number of hydrogen-bond donors (Lipinski definition) is 0. The standard InChI is InChI=1S/C13H20O/c1-2-3-5-10-8-12(14)9-11-6-4-7-13(10)11/h9-10,13H,2-8H2,1H3/t10-,13+/m0/s1. The molecule has 0 heterocycles. The molecule has 2 atom stereocenters. The molecule has 0 unspecified atom stereocenters. The monoisotopic (exact) mass is 192 g/mol. The highest BCUT2D eigenvalue weighted by atomic mass is 16.1. The number of hydrogen-bond acceptors (Lipinski definition) is 1. The maximum Gasteiger partial charge on any atom is 0.155 e. The van der Waals surface area contributed by atoms with Crippen LogP contribution in [0.15, 0.2) is 11.6 Å². The molecule has 1 nitrogen and oxygen atoms in total. The highest BCUT2D eigenvalue weighted by Gasteiger charge is 2.33. The van der Waals surface area contributed by atoms with E-state index in [9.17, 15) is 4.79 Å². The van der Waals surface area contributed by atoms with E-state index >= 15 is 0 Å². The summed E-state index contributed by atoms with van der Waals surface area (Å²) in [6, 6.07) is 0. The van der Waals surface area contributed by atoms with Crippen molar-refractivity contribution < 1.29 is 4.79 Å². The first-order valence-corrected chi connectivity index (χ1v) is 6.04. The average molecular weight is 192 g/mol. The molecule has 1 saturated carbocycles. The molecular weight excluding hydrogens is 172 g/mol. The van der Waals surface area contributed by atoms with E-state index in [4.69, 9.17) is 0 Å². The molecular formula is C13H20O. The van der Waals surface area contributed by atoms with Gasteiger partial charge in [0.1, 0.15) is 0 Å². The maximum atomic E-state index is 11.5. The Labute approximate surface area is 86.6 Å². The molecule has 0 aromatic carbocycles. The quantitative estimate of drug-likeness (QED) is 0.669. The summed E-state index contributed by atoms with van der Waals surface area (Å²) in [5.41, 5.74) is 1.47. The first kappa shape index (κ1) is 9.95. The van der Waals surface area contributed by atoms with E-state index in [1.807, 2.05) is 6.08 Å². The molecule has 0 aromatic heterocycles. The second kappa shape index (κ2) is 4.29. The van der Waals surface area contributed by atoms with Crippen LogP contribution < -0.4 is 0 Å². The molecule has 0 radical (unpaired) electrons. The Hall–Kier alpha value is -0.590. The number of rotatable bonds is 3. The minimum Gasteiger partial charge on any atom is -0.295 e. The lowest BCUT2D eigenvalue weighted by atomic mass is 9.77. The number of allylic oxidation sites excluding steroid dienone is 2. The second-order valence-corrected chi connectivity index (χ2v) is 4.79. The van der Waals surface area contributed by atoms with Crippen LogP contribution in [0, 0.1) is 11.8 Å². The largest absolute Gasteiger partial charge is 0.295 e. The third-order valence-corrected chi connectivity index (χ3v) is 3.76. The lowest BCUT2D eigenvalue weighted by molar-refractivity contribution is -0.116. The van der Waals surface area contributed by atoms with Crippen LogP contribution in [-0.4, -0.2) is 5.78 Å². The van der Waals surface area contributed by atoms with Gasteiger partial charge in [0.2, 0.25) is 0 Å². The van der Waals surface area contributed by atoms with Gasteiger partial charge in [-0.2, -0.15) is 0 Å². The van der Waals surface area contributed by atoms with Crippen LogP contribution in [0.5, 0.6) is 0 Å². The minimum absolute atomic E-state index is 0.388. The van der Waals surface area contributed by atoms with Crippen molar-refractivity contribution in [3.05, 3.63) is 11.6 Å². The summed E-state index contributed by atoms with van der Waals surface area (Å²) in [7, 11) is 0. The van der Waals surface area contributed by atoms with E-state index in [2.05, 4.69) is 6.92 Å². The molecule has 0 aliphatic heterocycles. The Bertz CT molecular complexity index is 252. The van der Waals surface area contributed by atoms with Gasteiger partial charge in [0.05, 0.1) is 0 Å². The van der Waals surface area contributed by atoms with Crippen LogP contribution in [0.2, 0.25) is 0 Å². The molecule has 2 aliphatic rings. The van der Waals surface area contributed by atoms with Crippen molar-refractivity contribution in [1.29, 1.82) is 0 Å². The van der Waals surface area contributed by atoms with Crippen LogP contribution >= 0.6 is 0 Å².